The van der Waals surface area contributed by atoms with Crippen molar-refractivity contribution in [2.45, 2.75) is 36.6 Å². The predicted molar refractivity (Wildman–Crippen MR) is 126 cm³/mol. The van der Waals surface area contributed by atoms with Gasteiger partial charge in [-0.15, -0.1) is 0 Å². The van der Waals surface area contributed by atoms with Crippen molar-refractivity contribution in [2.24, 2.45) is 0 Å². The van der Waals surface area contributed by atoms with Crippen LogP contribution in [-0.2, 0) is 32.4 Å². The fourth-order valence-electron chi connectivity index (χ4n) is 3.44. The molecular formula is C25H25ClFNO4S. The van der Waals surface area contributed by atoms with Gasteiger partial charge in [-0.3, -0.25) is 4.79 Å². The Bertz CT molecular complexity index is 1180. The molecular weight excluding hydrogens is 465 g/mol. The van der Waals surface area contributed by atoms with Crippen molar-refractivity contribution in [1.29, 1.82) is 0 Å². The highest BCUT2D eigenvalue weighted by Gasteiger charge is 2.23. The van der Waals surface area contributed by atoms with Crippen LogP contribution in [0.15, 0.2) is 77.7 Å². The number of halogens is 2. The molecule has 1 unspecified atom stereocenters. The Morgan fingerprint density at radius 3 is 2.33 bits per heavy atom. The van der Waals surface area contributed by atoms with E-state index in [1.807, 2.05) is 24.3 Å². The highest BCUT2D eigenvalue weighted by molar-refractivity contribution is 7.89. The third kappa shape index (κ3) is 7.12. The van der Waals surface area contributed by atoms with E-state index in [1.54, 1.807) is 18.2 Å². The van der Waals surface area contributed by atoms with Gasteiger partial charge in [-0.1, -0.05) is 54.1 Å². The summed E-state index contributed by atoms with van der Waals surface area (Å²) in [6.45, 7) is 0. The lowest BCUT2D eigenvalue weighted by Crippen LogP contribution is -2.30. The summed E-state index contributed by atoms with van der Waals surface area (Å²) < 4.78 is 47.7. The lowest BCUT2D eigenvalue weighted by Gasteiger charge is -2.20. The van der Waals surface area contributed by atoms with E-state index < -0.39 is 21.9 Å². The van der Waals surface area contributed by atoms with Crippen molar-refractivity contribution in [1.82, 2.24) is 4.72 Å². The normalized spacial score (nSPS) is 12.3. The van der Waals surface area contributed by atoms with E-state index in [9.17, 15) is 17.6 Å². The molecule has 0 heterocycles. The Balaban J connectivity index is 1.83. The van der Waals surface area contributed by atoms with Crippen LogP contribution in [0.5, 0.6) is 0 Å². The molecule has 3 rings (SSSR count). The zero-order chi connectivity index (χ0) is 23.8. The maximum atomic E-state index is 14.3. The van der Waals surface area contributed by atoms with Crippen LogP contribution in [-0.4, -0.2) is 21.5 Å². The smallest absolute Gasteiger partial charge is 0.305 e. The molecule has 0 aliphatic rings. The fourth-order valence-corrected chi connectivity index (χ4v) is 4.79. The number of esters is 1. The second kappa shape index (κ2) is 11.4. The Kier molecular flexibility index (Phi) is 8.61. The lowest BCUT2D eigenvalue weighted by molar-refractivity contribution is -0.140. The summed E-state index contributed by atoms with van der Waals surface area (Å²) in [6.07, 6.45) is 1.80. The van der Waals surface area contributed by atoms with Crippen molar-refractivity contribution in [2.75, 3.05) is 7.11 Å². The number of ether oxygens (including phenoxy) is 1. The number of rotatable bonds is 10. The molecule has 0 aliphatic heterocycles. The first-order valence-electron chi connectivity index (χ1n) is 10.5. The van der Waals surface area contributed by atoms with Crippen LogP contribution in [0.25, 0.3) is 0 Å². The number of benzene rings is 3. The summed E-state index contributed by atoms with van der Waals surface area (Å²) in [5, 5.41) is 0.430. The summed E-state index contributed by atoms with van der Waals surface area (Å²) in [5.74, 6) is -0.652. The van der Waals surface area contributed by atoms with Gasteiger partial charge in [-0.25, -0.2) is 17.5 Å². The summed E-state index contributed by atoms with van der Waals surface area (Å²) >= 11 is 5.88. The van der Waals surface area contributed by atoms with Crippen LogP contribution >= 0.6 is 11.6 Å². The second-order valence-corrected chi connectivity index (χ2v) is 9.75. The number of methoxy groups -OCH3 is 1. The molecule has 1 atom stereocenters. The van der Waals surface area contributed by atoms with Crippen molar-refractivity contribution in [3.05, 3.63) is 100 Å². The van der Waals surface area contributed by atoms with Gasteiger partial charge in [0.1, 0.15) is 5.82 Å². The molecule has 0 radical (unpaired) electrons. The molecule has 0 aliphatic carbocycles. The highest BCUT2D eigenvalue weighted by Crippen LogP contribution is 2.24. The molecule has 0 spiro atoms. The maximum Gasteiger partial charge on any atom is 0.305 e. The van der Waals surface area contributed by atoms with Crippen LogP contribution in [0.3, 0.4) is 0 Å². The van der Waals surface area contributed by atoms with Crippen molar-refractivity contribution in [3.8, 4) is 0 Å². The number of aryl methyl sites for hydroxylation is 1. The number of hydrogen-bond donors (Lipinski definition) is 1. The second-order valence-electron chi connectivity index (χ2n) is 7.59. The minimum Gasteiger partial charge on any atom is -0.469 e. The molecule has 0 aromatic heterocycles. The number of carbonyl (C=O) groups is 1. The third-order valence-electron chi connectivity index (χ3n) is 5.26. The standard InChI is InChI=1S/C25H25ClFNO4S/c1-32-25(29)8-4-5-18-9-11-19(12-10-18)24(17-20-6-2-3-7-23(20)27)28-33(30,31)22-15-13-21(26)14-16-22/h2-3,6-7,9-16,24,28H,4-5,8,17H2,1H3. The average Bonchev–Trinajstić information content (AvgIpc) is 2.80. The van der Waals surface area contributed by atoms with Crippen molar-refractivity contribution >= 4 is 27.6 Å². The Morgan fingerprint density at radius 2 is 1.70 bits per heavy atom. The molecule has 33 heavy (non-hydrogen) atoms. The largest absolute Gasteiger partial charge is 0.469 e. The van der Waals surface area contributed by atoms with Gasteiger partial charge in [-0.05, 0) is 66.3 Å². The van der Waals surface area contributed by atoms with Crippen LogP contribution in [0.1, 0.15) is 35.6 Å². The fraction of sp³-hybridized carbons (Fsp3) is 0.240. The van der Waals surface area contributed by atoms with Gasteiger partial charge in [0.05, 0.1) is 18.0 Å². The first-order valence-corrected chi connectivity index (χ1v) is 12.3. The van der Waals surface area contributed by atoms with Crippen molar-refractivity contribution in [3.63, 3.8) is 0 Å². The summed E-state index contributed by atoms with van der Waals surface area (Å²) in [7, 11) is -2.52. The lowest BCUT2D eigenvalue weighted by atomic mass is 9.97. The molecule has 5 nitrogen and oxygen atoms in total. The first-order chi connectivity index (χ1) is 15.8. The van der Waals surface area contributed by atoms with E-state index in [4.69, 9.17) is 11.6 Å². The van der Waals surface area contributed by atoms with Gasteiger partial charge in [0.25, 0.3) is 0 Å². The first kappa shape index (κ1) is 24.9. The molecule has 3 aromatic rings. The molecule has 0 fully saturated rings. The average molecular weight is 490 g/mol. The van der Waals surface area contributed by atoms with Crippen LogP contribution in [0.4, 0.5) is 4.39 Å². The zero-order valence-electron chi connectivity index (χ0n) is 18.1. The Hall–Kier alpha value is -2.74. The van der Waals surface area contributed by atoms with Crippen LogP contribution in [0.2, 0.25) is 5.02 Å². The van der Waals surface area contributed by atoms with Crippen molar-refractivity contribution < 1.29 is 22.3 Å². The Labute approximate surface area is 198 Å². The summed E-state index contributed by atoms with van der Waals surface area (Å²) in [4.78, 5) is 11.4. The molecule has 8 heteroatoms. The van der Waals surface area contributed by atoms with E-state index in [-0.39, 0.29) is 17.3 Å². The quantitative estimate of drug-likeness (QED) is 0.395. The van der Waals surface area contributed by atoms with Gasteiger partial charge in [0.2, 0.25) is 10.0 Å². The van der Waals surface area contributed by atoms with Gasteiger partial charge in [0, 0.05) is 11.4 Å². The summed E-state index contributed by atoms with van der Waals surface area (Å²) in [5.41, 5.74) is 2.11. The van der Waals surface area contributed by atoms with E-state index in [0.29, 0.717) is 35.4 Å². The van der Waals surface area contributed by atoms with Gasteiger partial charge >= 0.3 is 5.97 Å². The molecule has 0 saturated heterocycles. The molecule has 1 N–H and O–H groups in total. The minimum absolute atomic E-state index is 0.0739. The van der Waals surface area contributed by atoms with E-state index in [2.05, 4.69) is 9.46 Å². The highest BCUT2D eigenvalue weighted by atomic mass is 35.5. The van der Waals surface area contributed by atoms with E-state index >= 15 is 0 Å². The topological polar surface area (TPSA) is 72.5 Å². The van der Waals surface area contributed by atoms with Crippen LogP contribution < -0.4 is 4.72 Å². The predicted octanol–water partition coefficient (Wildman–Crippen LogP) is 5.24. The molecule has 3 aromatic carbocycles. The molecule has 0 bridgehead atoms. The summed E-state index contributed by atoms with van der Waals surface area (Å²) in [6, 6.07) is 18.9. The number of nitrogens with one attached hydrogen (secondary N) is 1. The van der Waals surface area contributed by atoms with Gasteiger partial charge in [-0.2, -0.15) is 0 Å². The monoisotopic (exact) mass is 489 g/mol. The van der Waals surface area contributed by atoms with Gasteiger partial charge in [0.15, 0.2) is 0 Å². The SMILES string of the molecule is COC(=O)CCCc1ccc(C(Cc2ccccc2F)NS(=O)(=O)c2ccc(Cl)cc2)cc1. The van der Waals surface area contributed by atoms with E-state index in [1.165, 1.54) is 37.4 Å². The number of hydrogen-bond acceptors (Lipinski definition) is 4. The van der Waals surface area contributed by atoms with Crippen LogP contribution in [0, 0.1) is 5.82 Å². The van der Waals surface area contributed by atoms with Gasteiger partial charge < -0.3 is 4.74 Å². The third-order valence-corrected chi connectivity index (χ3v) is 7.00. The molecule has 0 saturated carbocycles. The number of carbonyl (C=O) groups excluding carboxylic acids is 1. The number of sulfonamides is 1. The minimum atomic E-state index is -3.88. The molecule has 0 amide bonds. The molecule has 174 valence electrons. The van der Waals surface area contributed by atoms with E-state index in [0.717, 1.165) is 5.56 Å². The Morgan fingerprint density at radius 1 is 1.03 bits per heavy atom. The zero-order valence-corrected chi connectivity index (χ0v) is 19.7. The maximum absolute atomic E-state index is 14.3.